The molecule has 0 heterocycles. The summed E-state index contributed by atoms with van der Waals surface area (Å²) in [5, 5.41) is 8.48. The quantitative estimate of drug-likeness (QED) is 0.460. The predicted octanol–water partition coefficient (Wildman–Crippen LogP) is 3.98. The Morgan fingerprint density at radius 1 is 1.31 bits per heavy atom. The maximum absolute atomic E-state index is 8.48. The number of allylic oxidation sites excluding steroid dienone is 4. The van der Waals surface area contributed by atoms with Crippen LogP contribution in [0.4, 0.5) is 0 Å². The van der Waals surface area contributed by atoms with Crippen LogP contribution in [0.15, 0.2) is 23.3 Å². The molecule has 0 unspecified atom stereocenters. The third kappa shape index (κ3) is 6.16. The topological polar surface area (TPSA) is 23.8 Å². The number of hydrogen-bond donors (Lipinski definition) is 0. The van der Waals surface area contributed by atoms with E-state index in [9.17, 15) is 0 Å². The second-order valence-electron chi connectivity index (χ2n) is 3.23. The van der Waals surface area contributed by atoms with E-state index in [0.29, 0.717) is 0 Å². The van der Waals surface area contributed by atoms with Crippen molar-refractivity contribution in [3.05, 3.63) is 23.3 Å². The zero-order valence-electron chi connectivity index (χ0n) is 8.93. The molecule has 0 aromatic carbocycles. The standard InChI is InChI=1S/C12H19N/c1-4-11(3)7-6-8-12(5-2)9-10-13/h7,9H,4-6,8H2,1-3H3. The molecule has 0 aromatic heterocycles. The van der Waals surface area contributed by atoms with Gasteiger partial charge in [-0.3, -0.25) is 0 Å². The Bertz CT molecular complexity index is 228. The molecule has 0 radical (unpaired) electrons. The van der Waals surface area contributed by atoms with Gasteiger partial charge in [-0.15, -0.1) is 0 Å². The van der Waals surface area contributed by atoms with Gasteiger partial charge in [-0.05, 0) is 32.6 Å². The van der Waals surface area contributed by atoms with Gasteiger partial charge in [0.1, 0.15) is 0 Å². The largest absolute Gasteiger partial charge is 0.193 e. The van der Waals surface area contributed by atoms with E-state index in [1.807, 2.05) is 0 Å². The van der Waals surface area contributed by atoms with Crippen LogP contribution in [0.25, 0.3) is 0 Å². The van der Waals surface area contributed by atoms with Crippen molar-refractivity contribution in [3.63, 3.8) is 0 Å². The fourth-order valence-corrected chi connectivity index (χ4v) is 1.09. The summed E-state index contributed by atoms with van der Waals surface area (Å²) in [6.07, 6.45) is 8.16. The Morgan fingerprint density at radius 2 is 2.00 bits per heavy atom. The van der Waals surface area contributed by atoms with Gasteiger partial charge in [-0.2, -0.15) is 5.26 Å². The van der Waals surface area contributed by atoms with Gasteiger partial charge in [0.25, 0.3) is 0 Å². The van der Waals surface area contributed by atoms with Crippen LogP contribution in [0, 0.1) is 11.3 Å². The second kappa shape index (κ2) is 7.61. The molecule has 13 heavy (non-hydrogen) atoms. The minimum absolute atomic E-state index is 0.993. The van der Waals surface area contributed by atoms with Crippen molar-refractivity contribution in [2.75, 3.05) is 0 Å². The van der Waals surface area contributed by atoms with Gasteiger partial charge in [-0.25, -0.2) is 0 Å². The predicted molar refractivity (Wildman–Crippen MR) is 57.3 cm³/mol. The zero-order chi connectivity index (χ0) is 10.1. The highest BCUT2D eigenvalue weighted by atomic mass is 14.2. The van der Waals surface area contributed by atoms with Crippen LogP contribution in [0.5, 0.6) is 0 Å². The van der Waals surface area contributed by atoms with Crippen LogP contribution in [0.3, 0.4) is 0 Å². The lowest BCUT2D eigenvalue weighted by molar-refractivity contribution is 0.896. The molecular weight excluding hydrogens is 158 g/mol. The molecule has 1 nitrogen and oxygen atoms in total. The molecule has 0 rings (SSSR count). The Hall–Kier alpha value is -1.03. The molecule has 0 atom stereocenters. The first-order valence-corrected chi connectivity index (χ1v) is 4.97. The fraction of sp³-hybridized carbons (Fsp3) is 0.583. The minimum Gasteiger partial charge on any atom is -0.193 e. The molecule has 0 aromatic rings. The first-order chi connectivity index (χ1) is 6.24. The van der Waals surface area contributed by atoms with Crippen LogP contribution in [0.1, 0.15) is 46.5 Å². The third-order valence-corrected chi connectivity index (χ3v) is 2.24. The fourth-order valence-electron chi connectivity index (χ4n) is 1.09. The maximum Gasteiger partial charge on any atom is 0.0911 e. The number of nitrogens with zero attached hydrogens (tertiary/aromatic N) is 1. The minimum atomic E-state index is 0.993. The molecule has 0 bridgehead atoms. The number of nitriles is 1. The summed E-state index contributed by atoms with van der Waals surface area (Å²) in [7, 11) is 0. The first kappa shape index (κ1) is 12.0. The van der Waals surface area contributed by atoms with E-state index in [2.05, 4.69) is 32.9 Å². The van der Waals surface area contributed by atoms with Crippen LogP contribution in [-0.4, -0.2) is 0 Å². The molecule has 0 fully saturated rings. The molecule has 1 heteroatoms. The van der Waals surface area contributed by atoms with Gasteiger partial charge in [0.2, 0.25) is 0 Å². The Morgan fingerprint density at radius 3 is 2.46 bits per heavy atom. The van der Waals surface area contributed by atoms with Crippen LogP contribution >= 0.6 is 0 Å². The first-order valence-electron chi connectivity index (χ1n) is 4.97. The zero-order valence-corrected chi connectivity index (χ0v) is 8.93. The second-order valence-corrected chi connectivity index (χ2v) is 3.23. The van der Waals surface area contributed by atoms with Gasteiger partial charge in [0.05, 0.1) is 6.07 Å². The van der Waals surface area contributed by atoms with Crippen molar-refractivity contribution < 1.29 is 0 Å². The van der Waals surface area contributed by atoms with Gasteiger partial charge >= 0.3 is 0 Å². The molecule has 0 aliphatic carbocycles. The van der Waals surface area contributed by atoms with Crippen molar-refractivity contribution >= 4 is 0 Å². The van der Waals surface area contributed by atoms with E-state index in [-0.39, 0.29) is 0 Å². The van der Waals surface area contributed by atoms with E-state index in [1.54, 1.807) is 6.08 Å². The smallest absolute Gasteiger partial charge is 0.0911 e. The molecule has 0 N–H and O–H groups in total. The monoisotopic (exact) mass is 177 g/mol. The lowest BCUT2D eigenvalue weighted by Crippen LogP contribution is -1.81. The molecule has 0 aliphatic heterocycles. The highest BCUT2D eigenvalue weighted by molar-refractivity contribution is 5.14. The summed E-state index contributed by atoms with van der Waals surface area (Å²) >= 11 is 0. The summed E-state index contributed by atoms with van der Waals surface area (Å²) in [5.41, 5.74) is 2.69. The molecule has 0 saturated carbocycles. The van der Waals surface area contributed by atoms with Gasteiger partial charge in [0, 0.05) is 6.08 Å². The van der Waals surface area contributed by atoms with Gasteiger partial charge < -0.3 is 0 Å². The third-order valence-electron chi connectivity index (χ3n) is 2.24. The molecule has 0 aliphatic rings. The Labute approximate surface area is 81.8 Å². The van der Waals surface area contributed by atoms with Crippen LogP contribution < -0.4 is 0 Å². The Kier molecular flexibility index (Phi) is 7.01. The number of rotatable bonds is 5. The molecule has 0 spiro atoms. The van der Waals surface area contributed by atoms with Crippen molar-refractivity contribution in [3.8, 4) is 6.07 Å². The average molecular weight is 177 g/mol. The molecular formula is C12H19N. The van der Waals surface area contributed by atoms with Crippen molar-refractivity contribution in [1.29, 1.82) is 5.26 Å². The van der Waals surface area contributed by atoms with Crippen LogP contribution in [-0.2, 0) is 0 Å². The van der Waals surface area contributed by atoms with E-state index < -0.39 is 0 Å². The highest BCUT2D eigenvalue weighted by Gasteiger charge is 1.92. The summed E-state index contributed by atoms with van der Waals surface area (Å²) in [4.78, 5) is 0. The summed E-state index contributed by atoms with van der Waals surface area (Å²) in [5.74, 6) is 0. The SMILES string of the molecule is CCC(C)=CCCC(=CC#N)CC. The van der Waals surface area contributed by atoms with Gasteiger partial charge in [0.15, 0.2) is 0 Å². The number of hydrogen-bond acceptors (Lipinski definition) is 1. The van der Waals surface area contributed by atoms with E-state index in [1.165, 1.54) is 11.1 Å². The van der Waals surface area contributed by atoms with Crippen molar-refractivity contribution in [1.82, 2.24) is 0 Å². The Balaban J connectivity index is 3.88. The van der Waals surface area contributed by atoms with Crippen molar-refractivity contribution in [2.45, 2.75) is 46.5 Å². The lowest BCUT2D eigenvalue weighted by atomic mass is 10.1. The lowest BCUT2D eigenvalue weighted by Gasteiger charge is -2.00. The normalized spacial score (nSPS) is 12.8. The van der Waals surface area contributed by atoms with Gasteiger partial charge in [-0.1, -0.05) is 31.1 Å². The van der Waals surface area contributed by atoms with Crippen LogP contribution in [0.2, 0.25) is 0 Å². The maximum atomic E-state index is 8.48. The average Bonchev–Trinajstić information content (AvgIpc) is 2.16. The highest BCUT2D eigenvalue weighted by Crippen LogP contribution is 2.11. The molecule has 0 amide bonds. The molecule has 72 valence electrons. The van der Waals surface area contributed by atoms with E-state index >= 15 is 0 Å². The van der Waals surface area contributed by atoms with E-state index in [0.717, 1.165) is 25.7 Å². The summed E-state index contributed by atoms with van der Waals surface area (Å²) < 4.78 is 0. The summed E-state index contributed by atoms with van der Waals surface area (Å²) in [6, 6.07) is 2.09. The molecule has 0 saturated heterocycles. The van der Waals surface area contributed by atoms with E-state index in [4.69, 9.17) is 5.26 Å². The van der Waals surface area contributed by atoms with Crippen molar-refractivity contribution in [2.24, 2.45) is 0 Å². The summed E-state index contributed by atoms with van der Waals surface area (Å²) in [6.45, 7) is 6.41.